The molecule has 2 heterocycles. The van der Waals surface area contributed by atoms with Crippen LogP contribution in [-0.4, -0.2) is 53.2 Å². The van der Waals surface area contributed by atoms with Gasteiger partial charge in [-0.15, -0.1) is 0 Å². The van der Waals surface area contributed by atoms with Crippen molar-refractivity contribution in [3.8, 4) is 0 Å². The number of rotatable bonds is 5. The molecule has 0 N–H and O–H groups in total. The molecular weight excluding hydrogens is 376 g/mol. The van der Waals surface area contributed by atoms with E-state index >= 15 is 0 Å². The Morgan fingerprint density at radius 3 is 2.58 bits per heavy atom. The Balaban J connectivity index is 1.82. The molecule has 2 atom stereocenters. The number of carbonyl (C=O) groups is 2. The molecule has 0 unspecified atom stereocenters. The topological polar surface area (TPSA) is 107 Å². The standard InChI is InChI=1S/C17H20N2O5S2/c1-11-2-4-12(5-3-11)8-19-13-9-26(23,24)10-14(13)25-17(19)18-15(20)6-7-16(21)22/h2-5,13-14H,6-10H2,1H3,(H,21,22)/p-1/t13-,14-/m1/s1. The number of carboxylic acids is 1. The van der Waals surface area contributed by atoms with Crippen LogP contribution in [0.4, 0.5) is 0 Å². The van der Waals surface area contributed by atoms with Crippen molar-refractivity contribution in [1.82, 2.24) is 4.90 Å². The molecule has 140 valence electrons. The first-order valence-electron chi connectivity index (χ1n) is 8.24. The van der Waals surface area contributed by atoms with Gasteiger partial charge in [0.05, 0.1) is 17.5 Å². The molecule has 1 aromatic rings. The Bertz CT molecular complexity index is 848. The maximum Gasteiger partial charge on any atom is 0.248 e. The summed E-state index contributed by atoms with van der Waals surface area (Å²) < 4.78 is 23.9. The molecule has 2 aliphatic heterocycles. The Morgan fingerprint density at radius 1 is 1.23 bits per heavy atom. The number of aryl methyl sites for hydroxylation is 1. The van der Waals surface area contributed by atoms with E-state index in [0.717, 1.165) is 11.1 Å². The summed E-state index contributed by atoms with van der Waals surface area (Å²) in [5.74, 6) is -1.72. The summed E-state index contributed by atoms with van der Waals surface area (Å²) in [6.45, 7) is 2.44. The van der Waals surface area contributed by atoms with E-state index in [9.17, 15) is 23.1 Å². The summed E-state index contributed by atoms with van der Waals surface area (Å²) in [5.41, 5.74) is 2.12. The van der Waals surface area contributed by atoms with Crippen molar-refractivity contribution in [3.63, 3.8) is 0 Å². The molecule has 0 aliphatic carbocycles. The fourth-order valence-electron chi connectivity index (χ4n) is 3.08. The van der Waals surface area contributed by atoms with Gasteiger partial charge in [-0.1, -0.05) is 41.6 Å². The Kier molecular flexibility index (Phi) is 5.38. The molecule has 1 aromatic carbocycles. The van der Waals surface area contributed by atoms with Gasteiger partial charge in [0.2, 0.25) is 5.91 Å². The highest BCUT2D eigenvalue weighted by Gasteiger charge is 2.48. The van der Waals surface area contributed by atoms with Gasteiger partial charge < -0.3 is 14.8 Å². The van der Waals surface area contributed by atoms with E-state index < -0.39 is 21.7 Å². The van der Waals surface area contributed by atoms with Gasteiger partial charge in [0, 0.05) is 24.2 Å². The van der Waals surface area contributed by atoms with E-state index in [-0.39, 0.29) is 35.6 Å². The second-order valence-electron chi connectivity index (χ2n) is 6.57. The fraction of sp³-hybridized carbons (Fsp3) is 0.471. The maximum atomic E-state index is 12.0. The van der Waals surface area contributed by atoms with Crippen LogP contribution in [0.25, 0.3) is 0 Å². The lowest BCUT2D eigenvalue weighted by molar-refractivity contribution is -0.305. The average Bonchev–Trinajstić information content (AvgIpc) is 3.00. The summed E-state index contributed by atoms with van der Waals surface area (Å²) in [6.07, 6.45) is -0.599. The number of thioether (sulfide) groups is 1. The van der Waals surface area contributed by atoms with Gasteiger partial charge in [-0.3, -0.25) is 4.79 Å². The number of carboxylic acid groups (broad SMARTS) is 1. The number of carbonyl (C=O) groups excluding carboxylic acids is 2. The van der Waals surface area contributed by atoms with Crippen molar-refractivity contribution in [2.45, 2.75) is 37.6 Å². The van der Waals surface area contributed by atoms with Gasteiger partial charge in [0.1, 0.15) is 0 Å². The minimum atomic E-state index is -3.10. The number of aliphatic imine (C=N–C) groups is 1. The quantitative estimate of drug-likeness (QED) is 0.697. The molecular formula is C17H19N2O5S2-. The first kappa shape index (κ1) is 18.9. The minimum absolute atomic E-state index is 0.0444. The molecule has 2 fully saturated rings. The Hall–Kier alpha value is -1.87. The van der Waals surface area contributed by atoms with E-state index in [4.69, 9.17) is 0 Å². The highest BCUT2D eigenvalue weighted by Crippen LogP contribution is 2.39. The number of fused-ring (bicyclic) bond motifs is 1. The third-order valence-electron chi connectivity index (χ3n) is 4.41. The number of aliphatic carboxylic acids is 1. The number of amides is 1. The number of sulfone groups is 1. The molecule has 1 amide bonds. The van der Waals surface area contributed by atoms with Gasteiger partial charge >= 0.3 is 0 Å². The van der Waals surface area contributed by atoms with Crippen LogP contribution in [0.2, 0.25) is 0 Å². The van der Waals surface area contributed by atoms with Gasteiger partial charge in [-0.05, 0) is 18.9 Å². The van der Waals surface area contributed by atoms with Crippen LogP contribution in [0.15, 0.2) is 29.3 Å². The smallest absolute Gasteiger partial charge is 0.248 e. The molecule has 0 aromatic heterocycles. The number of hydrogen-bond acceptors (Lipinski definition) is 6. The highest BCUT2D eigenvalue weighted by atomic mass is 32.2. The minimum Gasteiger partial charge on any atom is -0.550 e. The molecule has 2 aliphatic rings. The van der Waals surface area contributed by atoms with Crippen molar-refractivity contribution in [1.29, 1.82) is 0 Å². The van der Waals surface area contributed by atoms with Gasteiger partial charge in [-0.25, -0.2) is 8.42 Å². The first-order chi connectivity index (χ1) is 12.2. The summed E-state index contributed by atoms with van der Waals surface area (Å²) in [7, 11) is -3.10. The number of amidine groups is 1. The Labute approximate surface area is 156 Å². The third kappa shape index (κ3) is 4.45. The zero-order chi connectivity index (χ0) is 18.9. The fourth-order valence-corrected chi connectivity index (χ4v) is 7.05. The molecule has 7 nitrogen and oxygen atoms in total. The van der Waals surface area contributed by atoms with Crippen LogP contribution in [-0.2, 0) is 26.0 Å². The van der Waals surface area contributed by atoms with Crippen LogP contribution >= 0.6 is 11.8 Å². The lowest BCUT2D eigenvalue weighted by Crippen LogP contribution is -2.37. The largest absolute Gasteiger partial charge is 0.550 e. The molecule has 3 rings (SSSR count). The molecule has 0 spiro atoms. The first-order valence-corrected chi connectivity index (χ1v) is 10.9. The average molecular weight is 395 g/mol. The molecule has 0 radical (unpaired) electrons. The van der Waals surface area contributed by atoms with Crippen molar-refractivity contribution < 1.29 is 23.1 Å². The number of hydrogen-bond donors (Lipinski definition) is 0. The maximum absolute atomic E-state index is 12.0. The van der Waals surface area contributed by atoms with Crippen molar-refractivity contribution in [2.75, 3.05) is 11.5 Å². The predicted molar refractivity (Wildman–Crippen MR) is 97.2 cm³/mol. The van der Waals surface area contributed by atoms with Gasteiger partial charge in [-0.2, -0.15) is 4.99 Å². The van der Waals surface area contributed by atoms with E-state index in [1.807, 2.05) is 36.1 Å². The Morgan fingerprint density at radius 2 is 1.92 bits per heavy atom. The SMILES string of the molecule is Cc1ccc(CN2C(=NC(=O)CCC(=O)[O-])S[C@@H]3CS(=O)(=O)C[C@H]32)cc1. The van der Waals surface area contributed by atoms with Crippen molar-refractivity contribution in [3.05, 3.63) is 35.4 Å². The van der Waals surface area contributed by atoms with Crippen molar-refractivity contribution >= 4 is 38.6 Å². The summed E-state index contributed by atoms with van der Waals surface area (Å²) in [4.78, 5) is 28.4. The van der Waals surface area contributed by atoms with Gasteiger partial charge in [0.15, 0.2) is 15.0 Å². The van der Waals surface area contributed by atoms with Crippen LogP contribution in [0.3, 0.4) is 0 Å². The lowest BCUT2D eigenvalue weighted by Gasteiger charge is -2.24. The third-order valence-corrected chi connectivity index (χ3v) is 7.66. The molecule has 26 heavy (non-hydrogen) atoms. The molecule has 0 saturated carbocycles. The second kappa shape index (κ2) is 7.40. The number of nitrogens with zero attached hydrogens (tertiary/aromatic N) is 2. The van der Waals surface area contributed by atoms with E-state index in [0.29, 0.717) is 11.7 Å². The summed E-state index contributed by atoms with van der Waals surface area (Å²) >= 11 is 1.29. The predicted octanol–water partition coefficient (Wildman–Crippen LogP) is 0.122. The molecule has 9 heteroatoms. The lowest BCUT2D eigenvalue weighted by atomic mass is 10.1. The second-order valence-corrected chi connectivity index (χ2v) is 9.93. The van der Waals surface area contributed by atoms with E-state index in [1.165, 1.54) is 11.8 Å². The zero-order valence-corrected chi connectivity index (χ0v) is 15.9. The molecule has 0 bridgehead atoms. The summed E-state index contributed by atoms with van der Waals surface area (Å²) in [5, 5.41) is 10.8. The zero-order valence-electron chi connectivity index (χ0n) is 14.3. The van der Waals surface area contributed by atoms with E-state index in [1.54, 1.807) is 0 Å². The van der Waals surface area contributed by atoms with Crippen molar-refractivity contribution in [2.24, 2.45) is 4.99 Å². The van der Waals surface area contributed by atoms with Gasteiger partial charge in [0.25, 0.3) is 0 Å². The number of benzene rings is 1. The van der Waals surface area contributed by atoms with Crippen LogP contribution in [0.1, 0.15) is 24.0 Å². The van der Waals surface area contributed by atoms with Crippen LogP contribution < -0.4 is 5.11 Å². The van der Waals surface area contributed by atoms with Crippen LogP contribution in [0.5, 0.6) is 0 Å². The monoisotopic (exact) mass is 395 g/mol. The normalized spacial score (nSPS) is 25.4. The van der Waals surface area contributed by atoms with Crippen LogP contribution in [0, 0.1) is 6.92 Å². The highest BCUT2D eigenvalue weighted by molar-refractivity contribution is 8.15. The van der Waals surface area contributed by atoms with E-state index in [2.05, 4.69) is 4.99 Å². The summed E-state index contributed by atoms with van der Waals surface area (Å²) in [6, 6.07) is 7.66. The molecule has 2 saturated heterocycles.